The summed E-state index contributed by atoms with van der Waals surface area (Å²) in [5.41, 5.74) is -5.25. The van der Waals surface area contributed by atoms with Crippen molar-refractivity contribution in [3.05, 3.63) is 24.3 Å². The first-order valence-electron chi connectivity index (χ1n) is 7.72. The van der Waals surface area contributed by atoms with Gasteiger partial charge in [0.2, 0.25) is 0 Å². The number of rotatable bonds is 5. The lowest BCUT2D eigenvalue weighted by Gasteiger charge is -2.37. The first-order valence-corrected chi connectivity index (χ1v) is 9.21. The highest BCUT2D eigenvalue weighted by atomic mass is 32.2. The van der Waals surface area contributed by atoms with Gasteiger partial charge in [-0.15, -0.1) is 0 Å². The first-order chi connectivity index (χ1) is 11.2. The van der Waals surface area contributed by atoms with E-state index >= 15 is 0 Å². The Balaban J connectivity index is 2.18. The van der Waals surface area contributed by atoms with Gasteiger partial charge < -0.3 is 10.0 Å². The van der Waals surface area contributed by atoms with Crippen LogP contribution in [0.2, 0.25) is 0 Å². The van der Waals surface area contributed by atoms with Gasteiger partial charge in [-0.25, -0.2) is 8.42 Å². The van der Waals surface area contributed by atoms with Crippen molar-refractivity contribution in [3.8, 4) is 0 Å². The van der Waals surface area contributed by atoms with Gasteiger partial charge in [-0.2, -0.15) is 13.2 Å². The van der Waals surface area contributed by atoms with Gasteiger partial charge >= 0.3 is 5.51 Å². The number of halogens is 3. The summed E-state index contributed by atoms with van der Waals surface area (Å²) < 4.78 is 62.1. The molecule has 1 aromatic carbocycles. The number of hydrogen-bond acceptors (Lipinski definition) is 5. The van der Waals surface area contributed by atoms with E-state index in [4.69, 9.17) is 0 Å². The van der Waals surface area contributed by atoms with Gasteiger partial charge in [-0.3, -0.25) is 4.90 Å². The van der Waals surface area contributed by atoms with Crippen molar-refractivity contribution in [1.82, 2.24) is 4.90 Å². The van der Waals surface area contributed by atoms with E-state index in [1.807, 2.05) is 11.8 Å². The molecule has 0 bridgehead atoms. The van der Waals surface area contributed by atoms with Gasteiger partial charge in [0.1, 0.15) is 0 Å². The molecule has 0 radical (unpaired) electrons. The topological polar surface area (TPSA) is 60.9 Å². The van der Waals surface area contributed by atoms with Gasteiger partial charge in [-0.1, -0.05) is 19.1 Å². The van der Waals surface area contributed by atoms with Crippen LogP contribution in [0, 0.1) is 0 Å². The molecular weight excluding hydrogens is 345 g/mol. The van der Waals surface area contributed by atoms with Crippen molar-refractivity contribution in [2.75, 3.05) is 37.6 Å². The molecular formula is C15H21F3N2O3S. The molecule has 1 N–H and O–H groups in total. The minimum absolute atomic E-state index is 0.0746. The van der Waals surface area contributed by atoms with E-state index in [0.717, 1.165) is 6.07 Å². The van der Waals surface area contributed by atoms with Gasteiger partial charge in [0.25, 0.3) is 9.84 Å². The fraction of sp³-hybridized carbons (Fsp3) is 0.600. The van der Waals surface area contributed by atoms with Crippen molar-refractivity contribution in [2.24, 2.45) is 0 Å². The van der Waals surface area contributed by atoms with Crippen LogP contribution in [0.5, 0.6) is 0 Å². The minimum atomic E-state index is -5.39. The highest BCUT2D eigenvalue weighted by molar-refractivity contribution is 7.92. The molecule has 1 heterocycles. The summed E-state index contributed by atoms with van der Waals surface area (Å²) in [5.74, 6) is 0. The number of para-hydroxylation sites is 1. The Labute approximate surface area is 139 Å². The SMILES string of the molecule is CCC(O)CN1CCN(c2ccccc2S(=O)(=O)C(F)(F)F)CC1. The lowest BCUT2D eigenvalue weighted by molar-refractivity contribution is -0.0435. The fourth-order valence-electron chi connectivity index (χ4n) is 2.67. The predicted molar refractivity (Wildman–Crippen MR) is 84.6 cm³/mol. The molecule has 0 aromatic heterocycles. The molecule has 5 nitrogen and oxygen atoms in total. The first kappa shape index (κ1) is 19.0. The molecule has 24 heavy (non-hydrogen) atoms. The summed E-state index contributed by atoms with van der Waals surface area (Å²) in [6, 6.07) is 5.20. The van der Waals surface area contributed by atoms with Gasteiger partial charge in [-0.05, 0) is 18.6 Å². The second-order valence-corrected chi connectivity index (χ2v) is 7.68. The summed E-state index contributed by atoms with van der Waals surface area (Å²) in [7, 11) is -5.39. The van der Waals surface area contributed by atoms with Crippen LogP contribution in [0.1, 0.15) is 13.3 Å². The molecule has 1 aliphatic heterocycles. The molecule has 0 aliphatic carbocycles. The smallest absolute Gasteiger partial charge is 0.392 e. The number of β-amino-alcohol motifs (C(OH)–C–C–N with tert-alkyl or cyclic N) is 1. The normalized spacial score (nSPS) is 18.6. The van der Waals surface area contributed by atoms with Crippen LogP contribution in [0.3, 0.4) is 0 Å². The number of anilines is 1. The molecule has 1 fully saturated rings. The maximum absolute atomic E-state index is 12.9. The minimum Gasteiger partial charge on any atom is -0.392 e. The molecule has 2 rings (SSSR count). The number of benzene rings is 1. The molecule has 1 atom stereocenters. The van der Waals surface area contributed by atoms with Crippen molar-refractivity contribution in [1.29, 1.82) is 0 Å². The average molecular weight is 366 g/mol. The van der Waals surface area contributed by atoms with Crippen molar-refractivity contribution in [2.45, 2.75) is 29.9 Å². The van der Waals surface area contributed by atoms with E-state index < -0.39 is 26.3 Å². The van der Waals surface area contributed by atoms with Crippen LogP contribution in [-0.4, -0.2) is 62.8 Å². The standard InChI is InChI=1S/C15H21F3N2O3S/c1-2-12(21)11-19-7-9-20(10-8-19)13-5-3-4-6-14(13)24(22,23)15(16,17)18/h3-6,12,21H,2,7-11H2,1H3. The second kappa shape index (κ2) is 7.28. The lowest BCUT2D eigenvalue weighted by Crippen LogP contribution is -2.49. The van der Waals surface area contributed by atoms with Crippen LogP contribution < -0.4 is 4.90 Å². The zero-order valence-corrected chi connectivity index (χ0v) is 14.1. The monoisotopic (exact) mass is 366 g/mol. The molecule has 9 heteroatoms. The largest absolute Gasteiger partial charge is 0.501 e. The van der Waals surface area contributed by atoms with Crippen molar-refractivity contribution in [3.63, 3.8) is 0 Å². The van der Waals surface area contributed by atoms with E-state index in [1.54, 1.807) is 4.90 Å². The Kier molecular flexibility index (Phi) is 5.77. The van der Waals surface area contributed by atoms with E-state index in [1.165, 1.54) is 18.2 Å². The summed E-state index contributed by atoms with van der Waals surface area (Å²) in [6.45, 7) is 4.29. The van der Waals surface area contributed by atoms with Gasteiger partial charge in [0.15, 0.2) is 0 Å². The van der Waals surface area contributed by atoms with Gasteiger partial charge in [0.05, 0.1) is 16.7 Å². The number of sulfone groups is 1. The number of aliphatic hydroxyl groups excluding tert-OH is 1. The van der Waals surface area contributed by atoms with Crippen molar-refractivity contribution < 1.29 is 26.7 Å². The Morgan fingerprint density at radius 2 is 1.75 bits per heavy atom. The average Bonchev–Trinajstić information content (AvgIpc) is 2.54. The molecule has 0 amide bonds. The number of alkyl halides is 3. The molecule has 1 aliphatic rings. The Morgan fingerprint density at radius 3 is 2.29 bits per heavy atom. The van der Waals surface area contributed by atoms with Crippen LogP contribution >= 0.6 is 0 Å². The molecule has 0 spiro atoms. The quantitative estimate of drug-likeness (QED) is 0.862. The van der Waals surface area contributed by atoms with Crippen LogP contribution in [-0.2, 0) is 9.84 Å². The highest BCUT2D eigenvalue weighted by Gasteiger charge is 2.48. The maximum Gasteiger partial charge on any atom is 0.501 e. The number of piperazine rings is 1. The van der Waals surface area contributed by atoms with Crippen molar-refractivity contribution >= 4 is 15.5 Å². The summed E-state index contributed by atoms with van der Waals surface area (Å²) >= 11 is 0. The highest BCUT2D eigenvalue weighted by Crippen LogP contribution is 2.36. The Morgan fingerprint density at radius 1 is 1.17 bits per heavy atom. The summed E-state index contributed by atoms with van der Waals surface area (Å²) in [4.78, 5) is 2.96. The number of hydrogen-bond donors (Lipinski definition) is 1. The zero-order valence-electron chi connectivity index (χ0n) is 13.3. The molecule has 1 unspecified atom stereocenters. The van der Waals surface area contributed by atoms with Gasteiger partial charge in [0, 0.05) is 32.7 Å². The van der Waals surface area contributed by atoms with Crippen LogP contribution in [0.25, 0.3) is 0 Å². The van der Waals surface area contributed by atoms with E-state index in [-0.39, 0.29) is 5.69 Å². The van der Waals surface area contributed by atoms with Crippen LogP contribution in [0.15, 0.2) is 29.2 Å². The lowest BCUT2D eigenvalue weighted by atomic mass is 10.2. The molecule has 1 saturated heterocycles. The van der Waals surface area contributed by atoms with E-state index in [9.17, 15) is 26.7 Å². The number of nitrogens with zero attached hydrogens (tertiary/aromatic N) is 2. The number of aliphatic hydroxyl groups is 1. The third-order valence-electron chi connectivity index (χ3n) is 4.11. The Bertz CT molecular complexity index is 656. The fourth-order valence-corrected chi connectivity index (χ4v) is 3.65. The van der Waals surface area contributed by atoms with E-state index in [2.05, 4.69) is 0 Å². The van der Waals surface area contributed by atoms with Crippen LogP contribution in [0.4, 0.5) is 18.9 Å². The maximum atomic E-state index is 12.9. The molecule has 1 aromatic rings. The Hall–Kier alpha value is -1.32. The third kappa shape index (κ3) is 4.01. The van der Waals surface area contributed by atoms with E-state index in [0.29, 0.717) is 39.1 Å². The summed E-state index contributed by atoms with van der Waals surface area (Å²) in [5, 5.41) is 9.67. The predicted octanol–water partition coefficient (Wildman–Crippen LogP) is 1.87. The second-order valence-electron chi connectivity index (χ2n) is 5.77. The molecule has 0 saturated carbocycles. The molecule has 136 valence electrons. The summed E-state index contributed by atoms with van der Waals surface area (Å²) in [6.07, 6.45) is 0.196. The zero-order chi connectivity index (χ0) is 18.0. The third-order valence-corrected chi connectivity index (χ3v) is 5.65.